The molecule has 0 heterocycles. The minimum Gasteiger partial charge on any atom is -0.207 e. The molecule has 1 rings (SSSR count). The highest BCUT2D eigenvalue weighted by Gasteiger charge is 2.09. The Morgan fingerprint density at radius 1 is 1.36 bits per heavy atom. The number of benzene rings is 1. The van der Waals surface area contributed by atoms with Gasteiger partial charge in [-0.25, -0.2) is 8.78 Å². The molecule has 1 aromatic rings. The van der Waals surface area contributed by atoms with Crippen molar-refractivity contribution < 1.29 is 8.78 Å². The van der Waals surface area contributed by atoms with Crippen molar-refractivity contribution in [2.24, 2.45) is 0 Å². The molecule has 0 aliphatic carbocycles. The van der Waals surface area contributed by atoms with Crippen LogP contribution in [0.15, 0.2) is 28.8 Å². The third kappa shape index (κ3) is 2.91. The van der Waals surface area contributed by atoms with E-state index in [1.165, 1.54) is 12.1 Å². The summed E-state index contributed by atoms with van der Waals surface area (Å²) in [5.74, 6) is -1.00. The summed E-state index contributed by atoms with van der Waals surface area (Å²) in [5.41, 5.74) is 1.06. The molecule has 0 aliphatic rings. The third-order valence-corrected chi connectivity index (χ3v) is 2.37. The van der Waals surface area contributed by atoms with Crippen LogP contribution in [0.5, 0.6) is 0 Å². The molecule has 3 heteroatoms. The van der Waals surface area contributed by atoms with E-state index in [9.17, 15) is 8.78 Å². The molecule has 0 bridgehead atoms. The molecule has 0 aromatic heterocycles. The van der Waals surface area contributed by atoms with Gasteiger partial charge in [0, 0.05) is 10.0 Å². The standard InChI is InChI=1S/C11H11BrF2/c1-7(2)3-4-9-10(13)5-8(12)6-11(9)14/h5-6H,1,3-4H2,2H3. The Labute approximate surface area is 90.8 Å². The smallest absolute Gasteiger partial charge is 0.130 e. The molecule has 0 atom stereocenters. The van der Waals surface area contributed by atoms with Gasteiger partial charge in [-0.15, -0.1) is 6.58 Å². The van der Waals surface area contributed by atoms with Crippen molar-refractivity contribution in [3.63, 3.8) is 0 Å². The Morgan fingerprint density at radius 3 is 2.29 bits per heavy atom. The Bertz CT molecular complexity index is 335. The van der Waals surface area contributed by atoms with Gasteiger partial charge in [-0.05, 0) is 31.9 Å². The van der Waals surface area contributed by atoms with E-state index < -0.39 is 11.6 Å². The SMILES string of the molecule is C=C(C)CCc1c(F)cc(Br)cc1F. The zero-order chi connectivity index (χ0) is 10.7. The molecule has 0 nitrogen and oxygen atoms in total. The van der Waals surface area contributed by atoms with Crippen LogP contribution in [0.25, 0.3) is 0 Å². The Kier molecular flexibility index (Phi) is 3.81. The number of rotatable bonds is 3. The van der Waals surface area contributed by atoms with Crippen molar-refractivity contribution in [1.29, 1.82) is 0 Å². The number of halogens is 3. The van der Waals surface area contributed by atoms with Crippen LogP contribution >= 0.6 is 15.9 Å². The summed E-state index contributed by atoms with van der Waals surface area (Å²) in [5, 5.41) is 0. The third-order valence-electron chi connectivity index (χ3n) is 1.91. The van der Waals surface area contributed by atoms with Crippen molar-refractivity contribution in [2.45, 2.75) is 19.8 Å². The molecule has 76 valence electrons. The number of hydrogen-bond acceptors (Lipinski definition) is 0. The summed E-state index contributed by atoms with van der Waals surface area (Å²) in [6.07, 6.45) is 0.968. The van der Waals surface area contributed by atoms with Crippen LogP contribution in [0.3, 0.4) is 0 Å². The lowest BCUT2D eigenvalue weighted by molar-refractivity contribution is 0.553. The van der Waals surface area contributed by atoms with Gasteiger partial charge in [0.15, 0.2) is 0 Å². The van der Waals surface area contributed by atoms with E-state index in [-0.39, 0.29) is 5.56 Å². The van der Waals surface area contributed by atoms with E-state index in [0.717, 1.165) is 5.57 Å². The first-order valence-corrected chi connectivity index (χ1v) is 5.08. The quantitative estimate of drug-likeness (QED) is 0.714. The van der Waals surface area contributed by atoms with Gasteiger partial charge in [0.1, 0.15) is 11.6 Å². The fourth-order valence-electron chi connectivity index (χ4n) is 1.15. The van der Waals surface area contributed by atoms with Crippen molar-refractivity contribution in [3.05, 3.63) is 46.0 Å². The second-order valence-electron chi connectivity index (χ2n) is 3.31. The maximum atomic E-state index is 13.3. The van der Waals surface area contributed by atoms with Crippen molar-refractivity contribution in [2.75, 3.05) is 0 Å². The predicted octanol–water partition coefficient (Wildman–Crippen LogP) is 4.24. The van der Waals surface area contributed by atoms with Gasteiger partial charge >= 0.3 is 0 Å². The first-order valence-electron chi connectivity index (χ1n) is 4.28. The molecule has 0 saturated carbocycles. The molecular weight excluding hydrogens is 250 g/mol. The van der Waals surface area contributed by atoms with E-state index in [0.29, 0.717) is 17.3 Å². The van der Waals surface area contributed by atoms with Crippen LogP contribution < -0.4 is 0 Å². The molecule has 0 unspecified atom stereocenters. The highest BCUT2D eigenvalue weighted by molar-refractivity contribution is 9.10. The molecular formula is C11H11BrF2. The minimum absolute atomic E-state index is 0.135. The molecule has 0 radical (unpaired) electrons. The first kappa shape index (κ1) is 11.4. The topological polar surface area (TPSA) is 0 Å². The van der Waals surface area contributed by atoms with Crippen LogP contribution in [0.4, 0.5) is 8.78 Å². The zero-order valence-electron chi connectivity index (χ0n) is 7.91. The summed E-state index contributed by atoms with van der Waals surface area (Å²) >= 11 is 3.03. The molecule has 1 aromatic carbocycles. The van der Waals surface area contributed by atoms with Gasteiger partial charge in [-0.2, -0.15) is 0 Å². The highest BCUT2D eigenvalue weighted by Crippen LogP contribution is 2.21. The maximum Gasteiger partial charge on any atom is 0.130 e. The second-order valence-corrected chi connectivity index (χ2v) is 4.22. The molecule has 0 N–H and O–H groups in total. The first-order chi connectivity index (χ1) is 6.50. The fraction of sp³-hybridized carbons (Fsp3) is 0.273. The van der Waals surface area contributed by atoms with Crippen LogP contribution in [0.2, 0.25) is 0 Å². The summed E-state index contributed by atoms with van der Waals surface area (Å²) in [4.78, 5) is 0. The summed E-state index contributed by atoms with van der Waals surface area (Å²) in [6, 6.07) is 2.55. The molecule has 14 heavy (non-hydrogen) atoms. The number of allylic oxidation sites excluding steroid dienone is 1. The Hall–Kier alpha value is -0.700. The van der Waals surface area contributed by atoms with Crippen LogP contribution in [-0.4, -0.2) is 0 Å². The van der Waals surface area contributed by atoms with Crippen LogP contribution in [0.1, 0.15) is 18.9 Å². The minimum atomic E-state index is -0.502. The van der Waals surface area contributed by atoms with Crippen molar-refractivity contribution in [1.82, 2.24) is 0 Å². The van der Waals surface area contributed by atoms with Crippen molar-refractivity contribution in [3.8, 4) is 0 Å². The van der Waals surface area contributed by atoms with Crippen molar-refractivity contribution >= 4 is 15.9 Å². The van der Waals surface area contributed by atoms with Gasteiger partial charge < -0.3 is 0 Å². The summed E-state index contributed by atoms with van der Waals surface area (Å²) < 4.78 is 26.9. The normalized spacial score (nSPS) is 10.3. The Morgan fingerprint density at radius 2 is 1.86 bits per heavy atom. The molecule has 0 fully saturated rings. The van der Waals surface area contributed by atoms with E-state index >= 15 is 0 Å². The van der Waals surface area contributed by atoms with Gasteiger partial charge in [0.2, 0.25) is 0 Å². The van der Waals surface area contributed by atoms with Crippen LogP contribution in [0, 0.1) is 11.6 Å². The average Bonchev–Trinajstić information content (AvgIpc) is 2.01. The van der Waals surface area contributed by atoms with E-state index in [1.807, 2.05) is 6.92 Å². The highest BCUT2D eigenvalue weighted by atomic mass is 79.9. The maximum absolute atomic E-state index is 13.3. The largest absolute Gasteiger partial charge is 0.207 e. The lowest BCUT2D eigenvalue weighted by Gasteiger charge is -2.05. The second kappa shape index (κ2) is 4.69. The Balaban J connectivity index is 2.91. The molecule has 0 amide bonds. The monoisotopic (exact) mass is 260 g/mol. The summed E-state index contributed by atoms with van der Waals surface area (Å²) in [7, 11) is 0. The number of hydrogen-bond donors (Lipinski definition) is 0. The van der Waals surface area contributed by atoms with E-state index in [4.69, 9.17) is 0 Å². The predicted molar refractivity (Wildman–Crippen MR) is 57.2 cm³/mol. The van der Waals surface area contributed by atoms with E-state index in [1.54, 1.807) is 0 Å². The lowest BCUT2D eigenvalue weighted by atomic mass is 10.1. The lowest BCUT2D eigenvalue weighted by Crippen LogP contribution is -1.96. The van der Waals surface area contributed by atoms with Crippen LogP contribution in [-0.2, 0) is 6.42 Å². The molecule has 0 aliphatic heterocycles. The molecule has 0 spiro atoms. The van der Waals surface area contributed by atoms with E-state index in [2.05, 4.69) is 22.5 Å². The zero-order valence-corrected chi connectivity index (χ0v) is 9.50. The molecule has 0 saturated heterocycles. The summed E-state index contributed by atoms with van der Waals surface area (Å²) in [6.45, 7) is 5.53. The van der Waals surface area contributed by atoms with Gasteiger partial charge in [0.25, 0.3) is 0 Å². The van der Waals surface area contributed by atoms with Gasteiger partial charge in [-0.1, -0.05) is 21.5 Å². The average molecular weight is 261 g/mol. The van der Waals surface area contributed by atoms with Gasteiger partial charge in [0.05, 0.1) is 0 Å². The fourth-order valence-corrected chi connectivity index (χ4v) is 1.55. The van der Waals surface area contributed by atoms with Gasteiger partial charge in [-0.3, -0.25) is 0 Å².